The van der Waals surface area contributed by atoms with Crippen LogP contribution >= 0.6 is 0 Å². The SMILES string of the molecule is CCCNC1CCN(CC2CCN(C(C)C)C2)C(C)C1C. The van der Waals surface area contributed by atoms with E-state index in [-0.39, 0.29) is 0 Å². The zero-order valence-electron chi connectivity index (χ0n) is 14.9. The van der Waals surface area contributed by atoms with Crippen molar-refractivity contribution in [3.63, 3.8) is 0 Å². The Labute approximate surface area is 132 Å². The highest BCUT2D eigenvalue weighted by atomic mass is 15.2. The van der Waals surface area contributed by atoms with Gasteiger partial charge in [-0.05, 0) is 71.5 Å². The number of likely N-dealkylation sites (tertiary alicyclic amines) is 2. The Bertz CT molecular complexity index is 305. The summed E-state index contributed by atoms with van der Waals surface area (Å²) in [6, 6.07) is 2.17. The lowest BCUT2D eigenvalue weighted by Gasteiger charge is -2.44. The van der Waals surface area contributed by atoms with Crippen LogP contribution in [0, 0.1) is 11.8 Å². The Morgan fingerprint density at radius 3 is 2.52 bits per heavy atom. The maximum absolute atomic E-state index is 3.75. The molecule has 2 aliphatic heterocycles. The summed E-state index contributed by atoms with van der Waals surface area (Å²) in [5.74, 6) is 1.66. The van der Waals surface area contributed by atoms with E-state index in [1.807, 2.05) is 0 Å². The molecule has 0 saturated carbocycles. The molecule has 0 radical (unpaired) electrons. The van der Waals surface area contributed by atoms with E-state index in [1.165, 1.54) is 52.0 Å². The number of hydrogen-bond donors (Lipinski definition) is 1. The topological polar surface area (TPSA) is 18.5 Å². The van der Waals surface area contributed by atoms with E-state index in [0.29, 0.717) is 0 Å². The number of piperidine rings is 1. The second-order valence-electron chi connectivity index (χ2n) is 7.69. The average molecular weight is 296 g/mol. The van der Waals surface area contributed by atoms with E-state index in [9.17, 15) is 0 Å². The van der Waals surface area contributed by atoms with Crippen LogP contribution in [0.15, 0.2) is 0 Å². The molecule has 0 aromatic heterocycles. The Morgan fingerprint density at radius 2 is 1.90 bits per heavy atom. The Kier molecular flexibility index (Phi) is 6.51. The minimum atomic E-state index is 0.718. The van der Waals surface area contributed by atoms with Crippen LogP contribution in [0.3, 0.4) is 0 Å². The first kappa shape index (κ1) is 17.2. The fraction of sp³-hybridized carbons (Fsp3) is 1.00. The molecule has 21 heavy (non-hydrogen) atoms. The molecule has 3 heteroatoms. The number of nitrogens with zero attached hydrogens (tertiary/aromatic N) is 2. The zero-order valence-corrected chi connectivity index (χ0v) is 14.9. The quantitative estimate of drug-likeness (QED) is 0.813. The number of nitrogens with one attached hydrogen (secondary N) is 1. The predicted octanol–water partition coefficient (Wildman–Crippen LogP) is 2.82. The molecule has 0 aliphatic carbocycles. The third kappa shape index (κ3) is 4.43. The summed E-state index contributed by atoms with van der Waals surface area (Å²) in [6.07, 6.45) is 3.97. The van der Waals surface area contributed by atoms with Crippen molar-refractivity contribution in [2.75, 3.05) is 32.7 Å². The van der Waals surface area contributed by atoms with Crippen molar-refractivity contribution in [1.82, 2.24) is 15.1 Å². The van der Waals surface area contributed by atoms with E-state index >= 15 is 0 Å². The van der Waals surface area contributed by atoms with Crippen LogP contribution in [0.2, 0.25) is 0 Å². The van der Waals surface area contributed by atoms with E-state index in [0.717, 1.165) is 30.0 Å². The molecule has 2 aliphatic rings. The van der Waals surface area contributed by atoms with Crippen LogP contribution < -0.4 is 5.32 Å². The van der Waals surface area contributed by atoms with Gasteiger partial charge in [0.1, 0.15) is 0 Å². The van der Waals surface area contributed by atoms with Gasteiger partial charge >= 0.3 is 0 Å². The number of rotatable bonds is 6. The average Bonchev–Trinajstić information content (AvgIpc) is 2.92. The Balaban J connectivity index is 1.80. The second-order valence-corrected chi connectivity index (χ2v) is 7.69. The van der Waals surface area contributed by atoms with Gasteiger partial charge in [0.05, 0.1) is 0 Å². The highest BCUT2D eigenvalue weighted by Crippen LogP contribution is 2.27. The van der Waals surface area contributed by atoms with Crippen molar-refractivity contribution < 1.29 is 0 Å². The van der Waals surface area contributed by atoms with Crippen LogP contribution in [-0.4, -0.2) is 60.6 Å². The first-order valence-corrected chi connectivity index (χ1v) is 9.24. The largest absolute Gasteiger partial charge is 0.314 e. The van der Waals surface area contributed by atoms with E-state index in [2.05, 4.69) is 49.7 Å². The maximum Gasteiger partial charge on any atom is 0.0120 e. The standard InChI is InChI=1S/C18H37N3/c1-6-9-19-18-8-11-21(16(5)15(18)4)13-17-7-10-20(12-17)14(2)3/h14-19H,6-13H2,1-5H3. The third-order valence-corrected chi connectivity index (χ3v) is 5.90. The minimum absolute atomic E-state index is 0.718. The van der Waals surface area contributed by atoms with Crippen molar-refractivity contribution in [3.8, 4) is 0 Å². The summed E-state index contributed by atoms with van der Waals surface area (Å²) in [7, 11) is 0. The fourth-order valence-corrected chi connectivity index (χ4v) is 4.13. The fourth-order valence-electron chi connectivity index (χ4n) is 4.13. The first-order valence-electron chi connectivity index (χ1n) is 9.24. The predicted molar refractivity (Wildman–Crippen MR) is 91.7 cm³/mol. The van der Waals surface area contributed by atoms with Gasteiger partial charge in [-0.25, -0.2) is 0 Å². The molecule has 2 heterocycles. The molecule has 0 spiro atoms. The summed E-state index contributed by atoms with van der Waals surface area (Å²) in [5.41, 5.74) is 0. The van der Waals surface area contributed by atoms with Gasteiger partial charge in [-0.15, -0.1) is 0 Å². The summed E-state index contributed by atoms with van der Waals surface area (Å²) < 4.78 is 0. The van der Waals surface area contributed by atoms with Gasteiger partial charge in [0.15, 0.2) is 0 Å². The first-order chi connectivity index (χ1) is 10.0. The van der Waals surface area contributed by atoms with E-state index < -0.39 is 0 Å². The second kappa shape index (κ2) is 7.94. The molecular weight excluding hydrogens is 258 g/mol. The van der Waals surface area contributed by atoms with Crippen molar-refractivity contribution in [1.29, 1.82) is 0 Å². The van der Waals surface area contributed by atoms with E-state index in [4.69, 9.17) is 0 Å². The lowest BCUT2D eigenvalue weighted by molar-refractivity contribution is 0.0706. The van der Waals surface area contributed by atoms with E-state index in [1.54, 1.807) is 0 Å². The van der Waals surface area contributed by atoms with Crippen molar-refractivity contribution in [2.24, 2.45) is 11.8 Å². The van der Waals surface area contributed by atoms with Crippen molar-refractivity contribution >= 4 is 0 Å². The molecule has 2 fully saturated rings. The smallest absolute Gasteiger partial charge is 0.0120 e. The highest BCUT2D eigenvalue weighted by Gasteiger charge is 2.34. The molecule has 1 N–H and O–H groups in total. The summed E-state index contributed by atoms with van der Waals surface area (Å²) in [5, 5.41) is 3.75. The molecule has 0 amide bonds. The molecule has 2 saturated heterocycles. The molecule has 3 nitrogen and oxygen atoms in total. The van der Waals surface area contributed by atoms with Crippen LogP contribution in [-0.2, 0) is 0 Å². The number of hydrogen-bond acceptors (Lipinski definition) is 3. The third-order valence-electron chi connectivity index (χ3n) is 5.90. The molecule has 124 valence electrons. The lowest BCUT2D eigenvalue weighted by atomic mass is 9.86. The van der Waals surface area contributed by atoms with Crippen LogP contribution in [0.5, 0.6) is 0 Å². The monoisotopic (exact) mass is 295 g/mol. The van der Waals surface area contributed by atoms with Gasteiger partial charge in [0.25, 0.3) is 0 Å². The summed E-state index contributed by atoms with van der Waals surface area (Å²) >= 11 is 0. The van der Waals surface area contributed by atoms with Gasteiger partial charge in [0, 0.05) is 31.2 Å². The molecule has 4 unspecified atom stereocenters. The summed E-state index contributed by atoms with van der Waals surface area (Å²) in [4.78, 5) is 5.41. The van der Waals surface area contributed by atoms with Gasteiger partial charge < -0.3 is 10.2 Å². The molecule has 2 rings (SSSR count). The molecule has 4 atom stereocenters. The van der Waals surface area contributed by atoms with Gasteiger partial charge in [0.2, 0.25) is 0 Å². The summed E-state index contributed by atoms with van der Waals surface area (Å²) in [6.45, 7) is 18.2. The van der Waals surface area contributed by atoms with Gasteiger partial charge in [-0.2, -0.15) is 0 Å². The molecule has 0 aromatic rings. The molecule has 0 bridgehead atoms. The molecular formula is C18H37N3. The zero-order chi connectivity index (χ0) is 15.4. The lowest BCUT2D eigenvalue weighted by Crippen LogP contribution is -2.54. The Hall–Kier alpha value is -0.120. The van der Waals surface area contributed by atoms with Crippen molar-refractivity contribution in [3.05, 3.63) is 0 Å². The maximum atomic E-state index is 3.75. The minimum Gasteiger partial charge on any atom is -0.314 e. The van der Waals surface area contributed by atoms with Gasteiger partial charge in [-0.1, -0.05) is 13.8 Å². The highest BCUT2D eigenvalue weighted by molar-refractivity contribution is 4.90. The van der Waals surface area contributed by atoms with Gasteiger partial charge in [-0.3, -0.25) is 4.90 Å². The van der Waals surface area contributed by atoms with Crippen molar-refractivity contribution in [2.45, 2.75) is 72.0 Å². The van der Waals surface area contributed by atoms with Crippen LogP contribution in [0.4, 0.5) is 0 Å². The van der Waals surface area contributed by atoms with Crippen LogP contribution in [0.1, 0.15) is 53.9 Å². The normalized spacial score (nSPS) is 35.7. The molecule has 0 aromatic carbocycles. The Morgan fingerprint density at radius 1 is 1.14 bits per heavy atom. The van der Waals surface area contributed by atoms with Crippen LogP contribution in [0.25, 0.3) is 0 Å².